The van der Waals surface area contributed by atoms with Gasteiger partial charge in [0.05, 0.1) is 31.1 Å². The highest BCUT2D eigenvalue weighted by Crippen LogP contribution is 2.17. The number of hydrogen-bond donors (Lipinski definition) is 2. The van der Waals surface area contributed by atoms with Gasteiger partial charge in [-0.1, -0.05) is 6.07 Å². The van der Waals surface area contributed by atoms with E-state index in [-0.39, 0.29) is 0 Å². The number of rotatable bonds is 4. The fourth-order valence-corrected chi connectivity index (χ4v) is 2.08. The summed E-state index contributed by atoms with van der Waals surface area (Å²) in [5.41, 5.74) is 6.30. The van der Waals surface area contributed by atoms with Gasteiger partial charge in [-0.2, -0.15) is 0 Å². The van der Waals surface area contributed by atoms with E-state index in [1.807, 2.05) is 17.5 Å². The monoisotopic (exact) mass is 263 g/mol. The minimum absolute atomic E-state index is 0.309. The minimum atomic E-state index is -0.464. The summed E-state index contributed by atoms with van der Waals surface area (Å²) in [6.45, 7) is 0.662. The van der Waals surface area contributed by atoms with Crippen LogP contribution in [0.15, 0.2) is 29.8 Å². The number of anilines is 2. The number of ether oxygens (including phenoxy) is 1. The summed E-state index contributed by atoms with van der Waals surface area (Å²) in [5, 5.41) is 5.14. The van der Waals surface area contributed by atoms with Gasteiger partial charge in [0.2, 0.25) is 0 Å². The number of thiophene rings is 1. The highest BCUT2D eigenvalue weighted by atomic mass is 32.1. The summed E-state index contributed by atoms with van der Waals surface area (Å²) >= 11 is 1.65. The van der Waals surface area contributed by atoms with Crippen molar-refractivity contribution in [1.82, 2.24) is 4.98 Å². The second-order valence-electron chi connectivity index (χ2n) is 3.58. The molecule has 0 amide bonds. The Morgan fingerprint density at radius 2 is 2.44 bits per heavy atom. The zero-order chi connectivity index (χ0) is 13.0. The van der Waals surface area contributed by atoms with Crippen molar-refractivity contribution in [3.8, 4) is 0 Å². The first-order valence-corrected chi connectivity index (χ1v) is 6.18. The molecule has 2 heterocycles. The lowest BCUT2D eigenvalue weighted by atomic mass is 10.2. The average molecular weight is 263 g/mol. The smallest absolute Gasteiger partial charge is 0.340 e. The maximum absolute atomic E-state index is 11.5. The summed E-state index contributed by atoms with van der Waals surface area (Å²) < 4.78 is 4.65. The van der Waals surface area contributed by atoms with Crippen molar-refractivity contribution in [2.45, 2.75) is 6.54 Å². The zero-order valence-corrected chi connectivity index (χ0v) is 10.7. The number of nitrogen functional groups attached to an aromatic ring is 1. The molecule has 6 heteroatoms. The predicted octanol–water partition coefficient (Wildman–Crippen LogP) is 2.12. The number of hydrogen-bond acceptors (Lipinski definition) is 6. The second-order valence-corrected chi connectivity index (χ2v) is 4.61. The first-order valence-electron chi connectivity index (χ1n) is 5.31. The third kappa shape index (κ3) is 2.78. The molecule has 0 saturated heterocycles. The standard InChI is InChI=1S/C12H13N3O2S/c1-17-12(16)9-5-11(15-7-10(9)13)14-6-8-3-2-4-18-8/h2-5,7H,6,13H2,1H3,(H,14,15). The molecule has 2 aromatic rings. The highest BCUT2D eigenvalue weighted by Gasteiger charge is 2.11. The number of aromatic nitrogens is 1. The highest BCUT2D eigenvalue weighted by molar-refractivity contribution is 7.09. The number of pyridine rings is 1. The molecule has 0 aromatic carbocycles. The Morgan fingerprint density at radius 3 is 3.11 bits per heavy atom. The molecule has 0 bridgehead atoms. The number of nitrogens with zero attached hydrogens (tertiary/aromatic N) is 1. The van der Waals surface area contributed by atoms with E-state index < -0.39 is 5.97 Å². The Bertz CT molecular complexity index is 540. The Morgan fingerprint density at radius 1 is 1.61 bits per heavy atom. The van der Waals surface area contributed by atoms with Crippen molar-refractivity contribution in [2.75, 3.05) is 18.2 Å². The lowest BCUT2D eigenvalue weighted by Gasteiger charge is -2.07. The van der Waals surface area contributed by atoms with Gasteiger partial charge in [-0.25, -0.2) is 9.78 Å². The largest absolute Gasteiger partial charge is 0.465 e. The van der Waals surface area contributed by atoms with E-state index >= 15 is 0 Å². The van der Waals surface area contributed by atoms with Crippen LogP contribution in [0.1, 0.15) is 15.2 Å². The summed E-state index contributed by atoms with van der Waals surface area (Å²) in [5.74, 6) is 0.132. The molecule has 0 aliphatic heterocycles. The Labute approximate surface area is 109 Å². The van der Waals surface area contributed by atoms with Gasteiger partial charge < -0.3 is 15.8 Å². The van der Waals surface area contributed by atoms with E-state index in [2.05, 4.69) is 15.0 Å². The number of esters is 1. The molecule has 2 rings (SSSR count). The van der Waals surface area contributed by atoms with Crippen LogP contribution in [-0.2, 0) is 11.3 Å². The van der Waals surface area contributed by atoms with Crippen LogP contribution in [0.4, 0.5) is 11.5 Å². The fourth-order valence-electron chi connectivity index (χ4n) is 1.44. The minimum Gasteiger partial charge on any atom is -0.465 e. The van der Waals surface area contributed by atoms with E-state index in [9.17, 15) is 4.79 Å². The second kappa shape index (κ2) is 5.50. The van der Waals surface area contributed by atoms with Crippen LogP contribution in [-0.4, -0.2) is 18.1 Å². The van der Waals surface area contributed by atoms with Gasteiger partial charge in [-0.05, 0) is 17.5 Å². The number of nitrogens with one attached hydrogen (secondary N) is 1. The Balaban J connectivity index is 2.12. The lowest BCUT2D eigenvalue weighted by Crippen LogP contribution is -2.08. The summed E-state index contributed by atoms with van der Waals surface area (Å²) in [7, 11) is 1.32. The van der Waals surface area contributed by atoms with E-state index in [1.165, 1.54) is 18.2 Å². The van der Waals surface area contributed by atoms with Crippen molar-refractivity contribution < 1.29 is 9.53 Å². The molecule has 0 radical (unpaired) electrons. The third-order valence-electron chi connectivity index (χ3n) is 2.36. The lowest BCUT2D eigenvalue weighted by molar-refractivity contribution is 0.0602. The molecule has 94 valence electrons. The number of carbonyl (C=O) groups is 1. The molecule has 0 unspecified atom stereocenters. The molecular formula is C12H13N3O2S. The molecule has 0 atom stereocenters. The van der Waals surface area contributed by atoms with Gasteiger partial charge in [0.25, 0.3) is 0 Å². The van der Waals surface area contributed by atoms with Crippen LogP contribution >= 0.6 is 11.3 Å². The Kier molecular flexibility index (Phi) is 3.78. The van der Waals surface area contributed by atoms with Crippen LogP contribution in [0.3, 0.4) is 0 Å². The van der Waals surface area contributed by atoms with Crippen molar-refractivity contribution in [3.05, 3.63) is 40.2 Å². The van der Waals surface area contributed by atoms with Gasteiger partial charge in [0.1, 0.15) is 5.82 Å². The molecule has 0 fully saturated rings. The number of carbonyl (C=O) groups excluding carboxylic acids is 1. The van der Waals surface area contributed by atoms with E-state index in [0.29, 0.717) is 23.6 Å². The van der Waals surface area contributed by atoms with Crippen molar-refractivity contribution in [2.24, 2.45) is 0 Å². The predicted molar refractivity (Wildman–Crippen MR) is 71.6 cm³/mol. The van der Waals surface area contributed by atoms with Crippen molar-refractivity contribution in [1.29, 1.82) is 0 Å². The Hall–Kier alpha value is -2.08. The van der Waals surface area contributed by atoms with Gasteiger partial charge in [0, 0.05) is 4.88 Å². The number of methoxy groups -OCH3 is 1. The maximum atomic E-state index is 11.5. The molecule has 0 aliphatic carbocycles. The van der Waals surface area contributed by atoms with E-state index in [0.717, 1.165) is 0 Å². The van der Waals surface area contributed by atoms with E-state index in [1.54, 1.807) is 17.4 Å². The van der Waals surface area contributed by atoms with Crippen LogP contribution < -0.4 is 11.1 Å². The molecule has 0 aliphatic rings. The third-order valence-corrected chi connectivity index (χ3v) is 3.24. The van der Waals surface area contributed by atoms with Gasteiger partial charge in [-0.3, -0.25) is 0 Å². The topological polar surface area (TPSA) is 77.2 Å². The number of nitrogens with two attached hydrogens (primary N) is 1. The molecule has 5 nitrogen and oxygen atoms in total. The van der Waals surface area contributed by atoms with Crippen molar-refractivity contribution in [3.63, 3.8) is 0 Å². The van der Waals surface area contributed by atoms with Gasteiger partial charge in [0.15, 0.2) is 0 Å². The summed E-state index contributed by atoms with van der Waals surface area (Å²) in [6, 6.07) is 5.60. The molecular weight excluding hydrogens is 250 g/mol. The molecule has 0 spiro atoms. The van der Waals surface area contributed by atoms with Crippen LogP contribution in [0, 0.1) is 0 Å². The molecule has 3 N–H and O–H groups in total. The quantitative estimate of drug-likeness (QED) is 0.826. The first-order chi connectivity index (χ1) is 8.70. The normalized spacial score (nSPS) is 10.1. The molecule has 2 aromatic heterocycles. The van der Waals surface area contributed by atoms with E-state index in [4.69, 9.17) is 5.73 Å². The zero-order valence-electron chi connectivity index (χ0n) is 9.84. The average Bonchev–Trinajstić information content (AvgIpc) is 2.90. The first kappa shape index (κ1) is 12.4. The summed E-state index contributed by atoms with van der Waals surface area (Å²) in [6.07, 6.45) is 1.45. The SMILES string of the molecule is COC(=O)c1cc(NCc2cccs2)ncc1N. The van der Waals surface area contributed by atoms with Gasteiger partial charge in [-0.15, -0.1) is 11.3 Å². The van der Waals surface area contributed by atoms with Gasteiger partial charge >= 0.3 is 5.97 Å². The molecule has 18 heavy (non-hydrogen) atoms. The van der Waals surface area contributed by atoms with Crippen LogP contribution in [0.25, 0.3) is 0 Å². The van der Waals surface area contributed by atoms with Crippen molar-refractivity contribution >= 4 is 28.8 Å². The van der Waals surface area contributed by atoms with Crippen LogP contribution in [0.5, 0.6) is 0 Å². The summed E-state index contributed by atoms with van der Waals surface area (Å²) in [4.78, 5) is 16.8. The van der Waals surface area contributed by atoms with Crippen LogP contribution in [0.2, 0.25) is 0 Å². The maximum Gasteiger partial charge on any atom is 0.340 e. The molecule has 0 saturated carbocycles. The fraction of sp³-hybridized carbons (Fsp3) is 0.167.